The summed E-state index contributed by atoms with van der Waals surface area (Å²) in [4.78, 5) is 18.2. The number of hydrogen-bond donors (Lipinski definition) is 0. The lowest BCUT2D eigenvalue weighted by atomic mass is 9.60. The number of ether oxygens (including phenoxy) is 1. The van der Waals surface area contributed by atoms with Gasteiger partial charge in [0.2, 0.25) is 0 Å². The molecule has 2 amide bonds. The monoisotopic (exact) mass is 513 g/mol. The topological polar surface area (TPSA) is 56.6 Å². The molecule has 1 saturated heterocycles. The van der Waals surface area contributed by atoms with Gasteiger partial charge in [-0.2, -0.15) is 5.26 Å². The highest BCUT2D eigenvalue weighted by Gasteiger charge is 2.56. The van der Waals surface area contributed by atoms with Crippen LogP contribution in [0.5, 0.6) is 5.75 Å². The second-order valence-electron chi connectivity index (χ2n) is 12.4. The van der Waals surface area contributed by atoms with Crippen LogP contribution in [0.1, 0.15) is 82.8 Å². The minimum absolute atomic E-state index is 0.108. The molecule has 0 radical (unpaired) electrons. The fraction of sp³-hybridized carbons (Fsp3) is 0.576. The molecule has 2 saturated carbocycles. The Kier molecular flexibility index (Phi) is 7.45. The first-order valence-electron chi connectivity index (χ1n) is 14.5. The van der Waals surface area contributed by atoms with Crippen molar-refractivity contribution in [3.8, 4) is 11.8 Å². The first kappa shape index (κ1) is 26.6. The van der Waals surface area contributed by atoms with Crippen LogP contribution < -0.4 is 4.74 Å². The summed E-state index contributed by atoms with van der Waals surface area (Å²) in [5.74, 6) is 1.49. The molecule has 5 heteroatoms. The standard InChI is InChI=1S/C33H43N3O2/c1-4-26(2)21-32(28-9-6-5-7-10-28)17-19-33(20-18-32)25-35(22-27-11-13-29(38-3)14-12-27)30(37)36(33)24-31(23-34)15-8-16-31/h5-7,9-14,26H,4,8,15-22,24-25H2,1-3H3. The van der Waals surface area contributed by atoms with Crippen molar-refractivity contribution in [2.75, 3.05) is 20.2 Å². The van der Waals surface area contributed by atoms with Gasteiger partial charge in [0.15, 0.2) is 0 Å². The van der Waals surface area contributed by atoms with Gasteiger partial charge in [-0.1, -0.05) is 69.2 Å². The number of nitrogens with zero attached hydrogens (tertiary/aromatic N) is 3. The van der Waals surface area contributed by atoms with E-state index in [9.17, 15) is 10.1 Å². The van der Waals surface area contributed by atoms with Crippen LogP contribution in [-0.4, -0.2) is 41.6 Å². The van der Waals surface area contributed by atoms with Gasteiger partial charge in [0, 0.05) is 19.6 Å². The normalized spacial score (nSPS) is 27.2. The number of hydrogen-bond acceptors (Lipinski definition) is 3. The van der Waals surface area contributed by atoms with Gasteiger partial charge in [0.25, 0.3) is 0 Å². The van der Waals surface area contributed by atoms with Gasteiger partial charge in [-0.3, -0.25) is 0 Å². The van der Waals surface area contributed by atoms with E-state index in [0.29, 0.717) is 19.0 Å². The van der Waals surface area contributed by atoms with Crippen LogP contribution in [0.4, 0.5) is 4.79 Å². The maximum atomic E-state index is 14.0. The molecule has 1 spiro atoms. The molecule has 0 aromatic heterocycles. The van der Waals surface area contributed by atoms with Gasteiger partial charge < -0.3 is 14.5 Å². The number of rotatable bonds is 9. The molecule has 0 bridgehead atoms. The molecule has 0 N–H and O–H groups in total. The molecule has 2 aromatic rings. The SMILES string of the molecule is CCC(C)CC1(c2ccccc2)CCC2(CC1)CN(Cc1ccc(OC)cc1)C(=O)N2CC1(C#N)CCC1. The molecular weight excluding hydrogens is 470 g/mol. The zero-order chi connectivity index (χ0) is 26.8. The second-order valence-corrected chi connectivity index (χ2v) is 12.4. The average molecular weight is 514 g/mol. The summed E-state index contributed by atoms with van der Waals surface area (Å²) in [6.45, 7) is 6.59. The summed E-state index contributed by atoms with van der Waals surface area (Å²) < 4.78 is 5.33. The van der Waals surface area contributed by atoms with Crippen LogP contribution >= 0.6 is 0 Å². The van der Waals surface area contributed by atoms with Crippen LogP contribution in [0.15, 0.2) is 54.6 Å². The first-order valence-corrected chi connectivity index (χ1v) is 14.5. The van der Waals surface area contributed by atoms with Crippen LogP contribution in [0.25, 0.3) is 0 Å². The van der Waals surface area contributed by atoms with E-state index in [2.05, 4.69) is 67.3 Å². The summed E-state index contributed by atoms with van der Waals surface area (Å²) in [5.41, 5.74) is 2.15. The van der Waals surface area contributed by atoms with Crippen molar-refractivity contribution in [3.63, 3.8) is 0 Å². The van der Waals surface area contributed by atoms with E-state index in [0.717, 1.165) is 62.8 Å². The molecule has 5 nitrogen and oxygen atoms in total. The average Bonchev–Trinajstić information content (AvgIpc) is 3.18. The molecule has 1 atom stereocenters. The molecule has 2 aliphatic carbocycles. The van der Waals surface area contributed by atoms with Crippen molar-refractivity contribution in [2.45, 2.75) is 89.1 Å². The van der Waals surface area contributed by atoms with E-state index in [-0.39, 0.29) is 22.4 Å². The van der Waals surface area contributed by atoms with Crippen molar-refractivity contribution in [2.24, 2.45) is 11.3 Å². The second kappa shape index (κ2) is 10.6. The molecular formula is C33H43N3O2. The lowest BCUT2D eigenvalue weighted by Gasteiger charge is -2.51. The largest absolute Gasteiger partial charge is 0.497 e. The zero-order valence-electron chi connectivity index (χ0n) is 23.4. The van der Waals surface area contributed by atoms with Gasteiger partial charge in [-0.05, 0) is 79.5 Å². The number of urea groups is 1. The lowest BCUT2D eigenvalue weighted by molar-refractivity contribution is 0.0412. The molecule has 1 aliphatic heterocycles. The van der Waals surface area contributed by atoms with Gasteiger partial charge >= 0.3 is 6.03 Å². The molecule has 5 rings (SSSR count). The predicted molar refractivity (Wildman–Crippen MR) is 151 cm³/mol. The highest BCUT2D eigenvalue weighted by molar-refractivity contribution is 5.78. The maximum Gasteiger partial charge on any atom is 0.320 e. The van der Waals surface area contributed by atoms with E-state index in [4.69, 9.17) is 4.74 Å². The van der Waals surface area contributed by atoms with Crippen molar-refractivity contribution in [3.05, 3.63) is 65.7 Å². The molecule has 3 aliphatic rings. The van der Waals surface area contributed by atoms with Crippen molar-refractivity contribution in [1.82, 2.24) is 9.80 Å². The molecule has 2 aromatic carbocycles. The molecule has 38 heavy (non-hydrogen) atoms. The quantitative estimate of drug-likeness (QED) is 0.353. The number of carbonyl (C=O) groups is 1. The van der Waals surface area contributed by atoms with Crippen molar-refractivity contribution >= 4 is 6.03 Å². The Morgan fingerprint density at radius 1 is 1.00 bits per heavy atom. The Morgan fingerprint density at radius 2 is 1.68 bits per heavy atom. The van der Waals surface area contributed by atoms with Crippen LogP contribution in [-0.2, 0) is 12.0 Å². The van der Waals surface area contributed by atoms with Crippen LogP contribution in [0.3, 0.4) is 0 Å². The summed E-state index contributed by atoms with van der Waals surface area (Å²) in [7, 11) is 1.67. The number of carbonyl (C=O) groups excluding carboxylic acids is 1. The maximum absolute atomic E-state index is 14.0. The van der Waals surface area contributed by atoms with Crippen LogP contribution in [0, 0.1) is 22.7 Å². The Morgan fingerprint density at radius 3 is 2.24 bits per heavy atom. The smallest absolute Gasteiger partial charge is 0.320 e. The Balaban J connectivity index is 1.42. The highest BCUT2D eigenvalue weighted by atomic mass is 16.5. The number of amides is 2. The van der Waals surface area contributed by atoms with Gasteiger partial charge in [-0.15, -0.1) is 0 Å². The molecule has 1 unspecified atom stereocenters. The Hall–Kier alpha value is -3.00. The van der Waals surface area contributed by atoms with E-state index in [1.807, 2.05) is 17.0 Å². The fourth-order valence-corrected chi connectivity index (χ4v) is 7.24. The molecule has 1 heterocycles. The van der Waals surface area contributed by atoms with Gasteiger partial charge in [0.05, 0.1) is 24.1 Å². The third kappa shape index (κ3) is 4.91. The predicted octanol–water partition coefficient (Wildman–Crippen LogP) is 7.31. The van der Waals surface area contributed by atoms with E-state index < -0.39 is 0 Å². The fourth-order valence-electron chi connectivity index (χ4n) is 7.24. The number of nitriles is 1. The summed E-state index contributed by atoms with van der Waals surface area (Å²) >= 11 is 0. The summed E-state index contributed by atoms with van der Waals surface area (Å²) in [6.07, 6.45) is 9.43. The summed E-state index contributed by atoms with van der Waals surface area (Å²) in [5, 5.41) is 10.1. The molecule has 3 fully saturated rings. The third-order valence-corrected chi connectivity index (χ3v) is 10.1. The van der Waals surface area contributed by atoms with E-state index in [1.165, 1.54) is 18.4 Å². The molecule has 202 valence electrons. The van der Waals surface area contributed by atoms with Gasteiger partial charge in [-0.25, -0.2) is 4.79 Å². The van der Waals surface area contributed by atoms with Crippen molar-refractivity contribution in [1.29, 1.82) is 5.26 Å². The van der Waals surface area contributed by atoms with Gasteiger partial charge in [0.1, 0.15) is 5.75 Å². The van der Waals surface area contributed by atoms with Crippen LogP contribution in [0.2, 0.25) is 0 Å². The van der Waals surface area contributed by atoms with Crippen molar-refractivity contribution < 1.29 is 9.53 Å². The van der Waals surface area contributed by atoms with E-state index >= 15 is 0 Å². The minimum Gasteiger partial charge on any atom is -0.497 e. The summed E-state index contributed by atoms with van der Waals surface area (Å²) in [6, 6.07) is 21.8. The Labute approximate surface area is 228 Å². The van der Waals surface area contributed by atoms with E-state index in [1.54, 1.807) is 7.11 Å². The highest BCUT2D eigenvalue weighted by Crippen LogP contribution is 2.52. The number of benzene rings is 2. The third-order valence-electron chi connectivity index (χ3n) is 10.1. The number of methoxy groups -OCH3 is 1. The zero-order valence-corrected chi connectivity index (χ0v) is 23.4. The minimum atomic E-state index is -0.372. The first-order chi connectivity index (χ1) is 18.4. The Bertz CT molecular complexity index is 1140. The lowest BCUT2D eigenvalue weighted by Crippen LogP contribution is -2.56.